The van der Waals surface area contributed by atoms with Crippen molar-refractivity contribution in [1.82, 2.24) is 10.2 Å². The Balaban J connectivity index is 2.13. The summed E-state index contributed by atoms with van der Waals surface area (Å²) in [5, 5.41) is 3.50. The summed E-state index contributed by atoms with van der Waals surface area (Å²) in [4.78, 5) is 2.59. The fraction of sp³-hybridized carbons (Fsp3) is 1.00. The smallest absolute Gasteiger partial charge is 0.0700 e. The highest BCUT2D eigenvalue weighted by Gasteiger charge is 2.18. The third-order valence-electron chi connectivity index (χ3n) is 3.79. The number of piperidine rings is 1. The second-order valence-corrected chi connectivity index (χ2v) is 5.76. The fourth-order valence-electron chi connectivity index (χ4n) is 2.59. The largest absolute Gasteiger partial charge is 0.382 e. The standard InChI is InChI=1S/C15H32N2O2/c1-14(2)17(8-5-9-19-11-10-18-3)13-15-6-4-7-16-12-15/h14-16H,4-13H2,1-3H3. The van der Waals surface area contributed by atoms with E-state index in [2.05, 4.69) is 24.1 Å². The van der Waals surface area contributed by atoms with Crippen LogP contribution in [0.1, 0.15) is 33.1 Å². The first-order valence-electron chi connectivity index (χ1n) is 7.75. The number of nitrogens with one attached hydrogen (secondary N) is 1. The maximum absolute atomic E-state index is 5.53. The Morgan fingerprint density at radius 2 is 2.11 bits per heavy atom. The molecule has 0 aliphatic carbocycles. The summed E-state index contributed by atoms with van der Waals surface area (Å²) in [5.74, 6) is 0.825. The van der Waals surface area contributed by atoms with Gasteiger partial charge in [0.2, 0.25) is 0 Å². The molecule has 1 heterocycles. The van der Waals surface area contributed by atoms with E-state index in [0.29, 0.717) is 19.3 Å². The molecule has 1 aliphatic heterocycles. The molecule has 0 spiro atoms. The van der Waals surface area contributed by atoms with Gasteiger partial charge in [-0.1, -0.05) is 0 Å². The molecular formula is C15H32N2O2. The quantitative estimate of drug-likeness (QED) is 0.614. The summed E-state index contributed by atoms with van der Waals surface area (Å²) in [6, 6.07) is 0.626. The molecule has 0 amide bonds. The number of methoxy groups -OCH3 is 1. The van der Waals surface area contributed by atoms with E-state index in [1.807, 2.05) is 0 Å². The topological polar surface area (TPSA) is 33.7 Å². The monoisotopic (exact) mass is 272 g/mol. The van der Waals surface area contributed by atoms with Crippen molar-refractivity contribution >= 4 is 0 Å². The summed E-state index contributed by atoms with van der Waals surface area (Å²) in [7, 11) is 1.71. The third kappa shape index (κ3) is 7.88. The van der Waals surface area contributed by atoms with Crippen LogP contribution in [0.2, 0.25) is 0 Å². The van der Waals surface area contributed by atoms with Crippen molar-refractivity contribution in [2.45, 2.75) is 39.2 Å². The summed E-state index contributed by atoms with van der Waals surface area (Å²) in [6.07, 6.45) is 3.82. The van der Waals surface area contributed by atoms with E-state index >= 15 is 0 Å². The van der Waals surface area contributed by atoms with Gasteiger partial charge in [-0.2, -0.15) is 0 Å². The van der Waals surface area contributed by atoms with Crippen molar-refractivity contribution in [3.8, 4) is 0 Å². The highest BCUT2D eigenvalue weighted by atomic mass is 16.5. The molecule has 1 aliphatic rings. The van der Waals surface area contributed by atoms with Crippen molar-refractivity contribution in [3.05, 3.63) is 0 Å². The predicted octanol–water partition coefficient (Wildman–Crippen LogP) is 1.75. The first-order valence-corrected chi connectivity index (χ1v) is 7.75. The zero-order chi connectivity index (χ0) is 13.9. The molecule has 1 saturated heterocycles. The Bertz CT molecular complexity index is 206. The molecule has 1 N–H and O–H groups in total. The van der Waals surface area contributed by atoms with Crippen molar-refractivity contribution in [2.24, 2.45) is 5.92 Å². The molecule has 1 rings (SSSR count). The molecule has 0 saturated carbocycles. The molecule has 1 atom stereocenters. The highest BCUT2D eigenvalue weighted by molar-refractivity contribution is 4.74. The summed E-state index contributed by atoms with van der Waals surface area (Å²) in [6.45, 7) is 11.6. The molecule has 1 fully saturated rings. The van der Waals surface area contributed by atoms with Gasteiger partial charge in [-0.25, -0.2) is 0 Å². The first-order chi connectivity index (χ1) is 9.24. The number of ether oxygens (including phenoxy) is 2. The molecule has 0 bridgehead atoms. The Hall–Kier alpha value is -0.160. The number of nitrogens with zero attached hydrogens (tertiary/aromatic N) is 1. The number of rotatable bonds is 10. The minimum absolute atomic E-state index is 0.626. The molecule has 19 heavy (non-hydrogen) atoms. The van der Waals surface area contributed by atoms with Crippen LogP contribution in [0.4, 0.5) is 0 Å². The second kappa shape index (κ2) is 10.6. The van der Waals surface area contributed by atoms with Gasteiger partial charge in [0.1, 0.15) is 0 Å². The Morgan fingerprint density at radius 1 is 1.26 bits per heavy atom. The van der Waals surface area contributed by atoms with Crippen LogP contribution in [0.5, 0.6) is 0 Å². The molecular weight excluding hydrogens is 240 g/mol. The maximum Gasteiger partial charge on any atom is 0.0700 e. The summed E-state index contributed by atoms with van der Waals surface area (Å²) >= 11 is 0. The van der Waals surface area contributed by atoms with E-state index in [9.17, 15) is 0 Å². The Morgan fingerprint density at radius 3 is 2.74 bits per heavy atom. The minimum atomic E-state index is 0.626. The van der Waals surface area contributed by atoms with Crippen molar-refractivity contribution in [3.63, 3.8) is 0 Å². The Labute approximate surface area is 118 Å². The lowest BCUT2D eigenvalue weighted by Gasteiger charge is -2.32. The average Bonchev–Trinajstić information content (AvgIpc) is 2.42. The number of hydrogen-bond acceptors (Lipinski definition) is 4. The lowest BCUT2D eigenvalue weighted by atomic mass is 9.98. The number of hydrogen-bond donors (Lipinski definition) is 1. The Kier molecular flexibility index (Phi) is 9.43. The SMILES string of the molecule is COCCOCCCN(CC1CCCNC1)C(C)C. The maximum atomic E-state index is 5.53. The van der Waals surface area contributed by atoms with E-state index in [4.69, 9.17) is 9.47 Å². The van der Waals surface area contributed by atoms with Crippen LogP contribution in [0, 0.1) is 5.92 Å². The summed E-state index contributed by atoms with van der Waals surface area (Å²) < 4.78 is 10.5. The molecule has 0 aromatic carbocycles. The van der Waals surface area contributed by atoms with Gasteiger partial charge in [0, 0.05) is 32.8 Å². The van der Waals surface area contributed by atoms with Crippen LogP contribution in [0.15, 0.2) is 0 Å². The van der Waals surface area contributed by atoms with Gasteiger partial charge in [-0.15, -0.1) is 0 Å². The van der Waals surface area contributed by atoms with Crippen LogP contribution < -0.4 is 5.32 Å². The second-order valence-electron chi connectivity index (χ2n) is 5.76. The summed E-state index contributed by atoms with van der Waals surface area (Å²) in [5.41, 5.74) is 0. The van der Waals surface area contributed by atoms with Gasteiger partial charge in [0.15, 0.2) is 0 Å². The van der Waals surface area contributed by atoms with Crippen LogP contribution in [-0.4, -0.2) is 64.1 Å². The third-order valence-corrected chi connectivity index (χ3v) is 3.79. The minimum Gasteiger partial charge on any atom is -0.382 e. The molecule has 0 aromatic heterocycles. The van der Waals surface area contributed by atoms with E-state index in [1.165, 1.54) is 32.5 Å². The van der Waals surface area contributed by atoms with Crippen LogP contribution in [0.3, 0.4) is 0 Å². The predicted molar refractivity (Wildman–Crippen MR) is 79.6 cm³/mol. The molecule has 0 aromatic rings. The zero-order valence-corrected chi connectivity index (χ0v) is 13.0. The van der Waals surface area contributed by atoms with Gasteiger partial charge < -0.3 is 19.7 Å². The molecule has 4 nitrogen and oxygen atoms in total. The average molecular weight is 272 g/mol. The fourth-order valence-corrected chi connectivity index (χ4v) is 2.59. The van der Waals surface area contributed by atoms with Gasteiger partial charge in [0.05, 0.1) is 13.2 Å². The van der Waals surface area contributed by atoms with Crippen LogP contribution >= 0.6 is 0 Å². The molecule has 1 unspecified atom stereocenters. The van der Waals surface area contributed by atoms with E-state index < -0.39 is 0 Å². The van der Waals surface area contributed by atoms with Gasteiger partial charge >= 0.3 is 0 Å². The van der Waals surface area contributed by atoms with Crippen molar-refractivity contribution in [2.75, 3.05) is 53.1 Å². The van der Waals surface area contributed by atoms with E-state index in [0.717, 1.165) is 25.5 Å². The first kappa shape index (κ1) is 16.9. The normalized spacial score (nSPS) is 20.4. The van der Waals surface area contributed by atoms with Crippen molar-refractivity contribution < 1.29 is 9.47 Å². The lowest BCUT2D eigenvalue weighted by Crippen LogP contribution is -2.41. The van der Waals surface area contributed by atoms with Gasteiger partial charge in [-0.3, -0.25) is 0 Å². The molecule has 4 heteroatoms. The van der Waals surface area contributed by atoms with Gasteiger partial charge in [0.25, 0.3) is 0 Å². The molecule has 0 radical (unpaired) electrons. The van der Waals surface area contributed by atoms with E-state index in [-0.39, 0.29) is 0 Å². The molecule has 114 valence electrons. The lowest BCUT2D eigenvalue weighted by molar-refractivity contribution is 0.0618. The van der Waals surface area contributed by atoms with Crippen LogP contribution in [-0.2, 0) is 9.47 Å². The van der Waals surface area contributed by atoms with Crippen LogP contribution in [0.25, 0.3) is 0 Å². The van der Waals surface area contributed by atoms with E-state index in [1.54, 1.807) is 7.11 Å². The highest BCUT2D eigenvalue weighted by Crippen LogP contribution is 2.13. The van der Waals surface area contributed by atoms with Crippen molar-refractivity contribution in [1.29, 1.82) is 0 Å². The zero-order valence-electron chi connectivity index (χ0n) is 13.0. The van der Waals surface area contributed by atoms with Gasteiger partial charge in [-0.05, 0) is 52.1 Å².